The summed E-state index contributed by atoms with van der Waals surface area (Å²) in [7, 11) is 0. The van der Waals surface area contributed by atoms with Crippen LogP contribution >= 0.6 is 0 Å². The van der Waals surface area contributed by atoms with Crippen molar-refractivity contribution in [1.29, 1.82) is 0 Å². The van der Waals surface area contributed by atoms with Crippen molar-refractivity contribution >= 4 is 0 Å². The molecule has 1 heterocycles. The molecule has 0 spiro atoms. The van der Waals surface area contributed by atoms with Crippen molar-refractivity contribution in [3.05, 3.63) is 0 Å². The van der Waals surface area contributed by atoms with Crippen molar-refractivity contribution in [3.63, 3.8) is 0 Å². The van der Waals surface area contributed by atoms with Crippen LogP contribution in [-0.2, 0) is 0 Å². The first kappa shape index (κ1) is 7.47. The second-order valence-corrected chi connectivity index (χ2v) is 3.76. The molecule has 2 rings (SSSR count). The summed E-state index contributed by atoms with van der Waals surface area (Å²) in [5.74, 6) is -2.39. The fourth-order valence-corrected chi connectivity index (χ4v) is 1.55. The van der Waals surface area contributed by atoms with Crippen LogP contribution in [0.1, 0.15) is 19.3 Å². The zero-order valence-corrected chi connectivity index (χ0v) is 6.45. The maximum absolute atomic E-state index is 13.1. The van der Waals surface area contributed by atoms with E-state index in [0.717, 1.165) is 25.9 Å². The Morgan fingerprint density at radius 1 is 1.27 bits per heavy atom. The third-order valence-electron chi connectivity index (χ3n) is 2.60. The largest absolute Gasteiger partial charge is 0.316 e. The van der Waals surface area contributed by atoms with Gasteiger partial charge in [0.15, 0.2) is 0 Å². The van der Waals surface area contributed by atoms with E-state index in [4.69, 9.17) is 0 Å². The lowest BCUT2D eigenvalue weighted by atomic mass is 9.93. The Balaban J connectivity index is 1.81. The van der Waals surface area contributed by atoms with E-state index in [1.54, 1.807) is 0 Å². The molecule has 11 heavy (non-hydrogen) atoms. The van der Waals surface area contributed by atoms with Crippen LogP contribution in [0.25, 0.3) is 0 Å². The molecule has 1 saturated carbocycles. The highest BCUT2D eigenvalue weighted by Crippen LogP contribution is 2.46. The normalized spacial score (nSPS) is 26.7. The van der Waals surface area contributed by atoms with Gasteiger partial charge in [-0.05, 0) is 31.8 Å². The molecule has 2 aliphatic rings. The van der Waals surface area contributed by atoms with Crippen LogP contribution < -0.4 is 5.32 Å². The fourth-order valence-electron chi connectivity index (χ4n) is 1.55. The molecule has 1 N–H and O–H groups in total. The zero-order valence-electron chi connectivity index (χ0n) is 6.45. The second kappa shape index (κ2) is 2.41. The predicted molar refractivity (Wildman–Crippen MR) is 38.6 cm³/mol. The van der Waals surface area contributed by atoms with E-state index >= 15 is 0 Å². The van der Waals surface area contributed by atoms with Gasteiger partial charge in [-0.3, -0.25) is 0 Å². The molecule has 1 saturated heterocycles. The van der Waals surface area contributed by atoms with Gasteiger partial charge in [0.1, 0.15) is 0 Å². The van der Waals surface area contributed by atoms with Crippen molar-refractivity contribution < 1.29 is 8.78 Å². The van der Waals surface area contributed by atoms with Crippen LogP contribution in [0.5, 0.6) is 0 Å². The molecule has 64 valence electrons. The molecule has 0 unspecified atom stereocenters. The smallest absolute Gasteiger partial charge is 0.251 e. The minimum absolute atomic E-state index is 0.116. The first-order chi connectivity index (χ1) is 5.18. The van der Waals surface area contributed by atoms with Gasteiger partial charge in [-0.15, -0.1) is 0 Å². The topological polar surface area (TPSA) is 12.0 Å². The molecule has 3 heteroatoms. The summed E-state index contributed by atoms with van der Waals surface area (Å²) in [6, 6.07) is 0. The lowest BCUT2D eigenvalue weighted by Gasteiger charge is -2.30. The van der Waals surface area contributed by atoms with Crippen LogP contribution in [0.15, 0.2) is 0 Å². The van der Waals surface area contributed by atoms with Crippen LogP contribution in [0, 0.1) is 11.8 Å². The van der Waals surface area contributed by atoms with Crippen molar-refractivity contribution in [1.82, 2.24) is 5.32 Å². The molecule has 2 fully saturated rings. The van der Waals surface area contributed by atoms with Gasteiger partial charge in [0.2, 0.25) is 0 Å². The quantitative estimate of drug-likeness (QED) is 0.663. The van der Waals surface area contributed by atoms with Crippen molar-refractivity contribution in [2.75, 3.05) is 13.1 Å². The third-order valence-corrected chi connectivity index (χ3v) is 2.60. The molecule has 1 aliphatic heterocycles. The van der Waals surface area contributed by atoms with Gasteiger partial charge in [0.05, 0.1) is 0 Å². The van der Waals surface area contributed by atoms with Gasteiger partial charge in [-0.2, -0.15) is 0 Å². The Morgan fingerprint density at radius 3 is 2.27 bits per heavy atom. The lowest BCUT2D eigenvalue weighted by molar-refractivity contribution is -0.0503. The van der Waals surface area contributed by atoms with Gasteiger partial charge < -0.3 is 5.32 Å². The molecule has 0 amide bonds. The van der Waals surface area contributed by atoms with Crippen molar-refractivity contribution in [2.45, 2.75) is 25.2 Å². The molecule has 0 aromatic carbocycles. The van der Waals surface area contributed by atoms with E-state index in [-0.39, 0.29) is 18.3 Å². The first-order valence-electron chi connectivity index (χ1n) is 4.27. The predicted octanol–water partition coefficient (Wildman–Crippen LogP) is 1.64. The molecule has 1 aliphatic carbocycles. The Hall–Kier alpha value is -0.180. The average Bonchev–Trinajstić information content (AvgIpc) is 2.58. The Kier molecular flexibility index (Phi) is 1.63. The van der Waals surface area contributed by atoms with E-state index in [0.29, 0.717) is 0 Å². The summed E-state index contributed by atoms with van der Waals surface area (Å²) in [6.07, 6.45) is 1.60. The summed E-state index contributed by atoms with van der Waals surface area (Å²) < 4.78 is 26.1. The van der Waals surface area contributed by atoms with Crippen LogP contribution in [-0.4, -0.2) is 19.0 Å². The number of nitrogens with one attached hydrogen (secondary N) is 1. The standard InChI is InChI=1S/C8H13F2N/c9-8(10,7-1-2-7)3-6-4-11-5-6/h6-7,11H,1-5H2. The average molecular weight is 161 g/mol. The number of rotatable bonds is 3. The highest BCUT2D eigenvalue weighted by molar-refractivity contribution is 4.91. The molecular formula is C8H13F2N. The van der Waals surface area contributed by atoms with Crippen molar-refractivity contribution in [2.24, 2.45) is 11.8 Å². The summed E-state index contributed by atoms with van der Waals surface area (Å²) in [4.78, 5) is 0. The van der Waals surface area contributed by atoms with E-state index in [9.17, 15) is 8.78 Å². The van der Waals surface area contributed by atoms with E-state index < -0.39 is 5.92 Å². The first-order valence-corrected chi connectivity index (χ1v) is 4.27. The molecule has 0 aromatic heterocycles. The highest BCUT2D eigenvalue weighted by Gasteiger charge is 2.48. The molecule has 1 nitrogen and oxygen atoms in total. The maximum Gasteiger partial charge on any atom is 0.251 e. The van der Waals surface area contributed by atoms with Gasteiger partial charge in [-0.1, -0.05) is 0 Å². The maximum atomic E-state index is 13.1. The van der Waals surface area contributed by atoms with Gasteiger partial charge >= 0.3 is 0 Å². The Bertz CT molecular complexity index is 150. The monoisotopic (exact) mass is 161 g/mol. The van der Waals surface area contributed by atoms with Crippen LogP contribution in [0.4, 0.5) is 8.78 Å². The van der Waals surface area contributed by atoms with E-state index in [1.165, 1.54) is 0 Å². The summed E-state index contributed by atoms with van der Waals surface area (Å²) >= 11 is 0. The number of hydrogen-bond donors (Lipinski definition) is 1. The zero-order chi connectivity index (χ0) is 7.90. The number of halogens is 2. The molecule has 0 aromatic rings. The number of hydrogen-bond acceptors (Lipinski definition) is 1. The SMILES string of the molecule is FC(F)(CC1CNC1)C1CC1. The van der Waals surface area contributed by atoms with Gasteiger partial charge in [-0.25, -0.2) is 8.78 Å². The van der Waals surface area contributed by atoms with Gasteiger partial charge in [0.25, 0.3) is 5.92 Å². The molecular weight excluding hydrogens is 148 g/mol. The molecule has 0 bridgehead atoms. The summed E-state index contributed by atoms with van der Waals surface area (Å²) in [6.45, 7) is 1.59. The minimum atomic E-state index is -2.35. The number of alkyl halides is 2. The Labute approximate surface area is 65.2 Å². The van der Waals surface area contributed by atoms with Crippen LogP contribution in [0.2, 0.25) is 0 Å². The van der Waals surface area contributed by atoms with E-state index in [2.05, 4.69) is 5.32 Å². The Morgan fingerprint density at radius 2 is 1.91 bits per heavy atom. The van der Waals surface area contributed by atoms with Gasteiger partial charge in [0, 0.05) is 12.3 Å². The summed E-state index contributed by atoms with van der Waals surface area (Å²) in [5.41, 5.74) is 0. The lowest BCUT2D eigenvalue weighted by Crippen LogP contribution is -2.45. The fraction of sp³-hybridized carbons (Fsp3) is 1.00. The minimum Gasteiger partial charge on any atom is -0.316 e. The van der Waals surface area contributed by atoms with E-state index in [1.807, 2.05) is 0 Å². The molecule has 0 radical (unpaired) electrons. The molecule has 0 atom stereocenters. The van der Waals surface area contributed by atoms with Crippen LogP contribution in [0.3, 0.4) is 0 Å². The summed E-state index contributed by atoms with van der Waals surface area (Å²) in [5, 5.41) is 3.01. The highest BCUT2D eigenvalue weighted by atomic mass is 19.3. The third kappa shape index (κ3) is 1.53. The van der Waals surface area contributed by atoms with Crippen molar-refractivity contribution in [3.8, 4) is 0 Å². The second-order valence-electron chi connectivity index (χ2n) is 3.76.